The van der Waals surface area contributed by atoms with E-state index in [1.165, 1.54) is 12.2 Å². The number of ether oxygens (including phenoxy) is 1. The normalized spacial score (nSPS) is 14.6. The Bertz CT molecular complexity index is 979. The maximum atomic E-state index is 12.8. The van der Waals surface area contributed by atoms with E-state index in [1.807, 2.05) is 48.5 Å². The van der Waals surface area contributed by atoms with Crippen LogP contribution in [0.3, 0.4) is 0 Å². The Labute approximate surface area is 181 Å². The summed E-state index contributed by atoms with van der Waals surface area (Å²) >= 11 is 0. The summed E-state index contributed by atoms with van der Waals surface area (Å²) in [7, 11) is 0. The van der Waals surface area contributed by atoms with Crippen molar-refractivity contribution in [2.45, 2.75) is 37.5 Å². The minimum Gasteiger partial charge on any atom is -0.479 e. The third-order valence-electron chi connectivity index (χ3n) is 5.22. The van der Waals surface area contributed by atoms with Gasteiger partial charge in [0.25, 0.3) is 0 Å². The van der Waals surface area contributed by atoms with E-state index in [1.54, 1.807) is 0 Å². The number of benzene rings is 2. The van der Waals surface area contributed by atoms with E-state index < -0.39 is 36.2 Å². The van der Waals surface area contributed by atoms with Crippen LogP contribution in [-0.2, 0) is 14.3 Å². The number of carboxylic acids is 1. The number of nitrogens with one attached hydrogen (secondary N) is 2. The van der Waals surface area contributed by atoms with Gasteiger partial charge in [-0.05, 0) is 28.7 Å². The van der Waals surface area contributed by atoms with Crippen LogP contribution in [0, 0.1) is 0 Å². The molecular weight excluding hydrogens is 429 g/mol. The standard InChI is InChI=1S/C22H21F3N2O5/c1-2-17(19(28)27-18(20(29)30)22(23,24)25)26-21(31)32-11-16-14-9-5-3-7-12(14)13-8-4-6-10-15(13)16/h3-10,16-18H,2,11H2,1H3,(H,26,31)(H,27,28)(H,29,30)/t17-,18?/m1/s1. The minimum atomic E-state index is -5.18. The molecule has 10 heteroatoms. The molecule has 2 aromatic rings. The fourth-order valence-electron chi connectivity index (χ4n) is 3.66. The van der Waals surface area contributed by atoms with Crippen LogP contribution in [0.25, 0.3) is 11.1 Å². The summed E-state index contributed by atoms with van der Waals surface area (Å²) in [6.07, 6.45) is -6.24. The second-order valence-corrected chi connectivity index (χ2v) is 7.25. The van der Waals surface area contributed by atoms with Gasteiger partial charge in [0, 0.05) is 5.92 Å². The number of aliphatic carboxylic acids is 1. The summed E-state index contributed by atoms with van der Waals surface area (Å²) in [6, 6.07) is 10.9. The van der Waals surface area contributed by atoms with E-state index >= 15 is 0 Å². The van der Waals surface area contributed by atoms with Crippen LogP contribution in [0.1, 0.15) is 30.4 Å². The average Bonchev–Trinajstić information content (AvgIpc) is 3.07. The van der Waals surface area contributed by atoms with Gasteiger partial charge in [-0.15, -0.1) is 0 Å². The molecule has 170 valence electrons. The first-order chi connectivity index (χ1) is 15.1. The topological polar surface area (TPSA) is 105 Å². The Balaban J connectivity index is 1.64. The number of carbonyl (C=O) groups is 3. The van der Waals surface area contributed by atoms with E-state index in [0.717, 1.165) is 22.3 Å². The maximum Gasteiger partial charge on any atom is 0.419 e. The number of rotatable bonds is 7. The van der Waals surface area contributed by atoms with Crippen molar-refractivity contribution < 1.29 is 37.4 Å². The smallest absolute Gasteiger partial charge is 0.419 e. The molecule has 32 heavy (non-hydrogen) atoms. The van der Waals surface area contributed by atoms with Crippen molar-refractivity contribution >= 4 is 18.0 Å². The maximum absolute atomic E-state index is 12.8. The Hall–Kier alpha value is -3.56. The van der Waals surface area contributed by atoms with Gasteiger partial charge in [-0.1, -0.05) is 55.5 Å². The number of hydrogen-bond donors (Lipinski definition) is 3. The first kappa shape index (κ1) is 23.1. The molecule has 1 aliphatic rings. The molecule has 0 bridgehead atoms. The van der Waals surface area contributed by atoms with Gasteiger partial charge < -0.3 is 20.5 Å². The third kappa shape index (κ3) is 4.84. The molecule has 0 spiro atoms. The van der Waals surface area contributed by atoms with E-state index in [-0.39, 0.29) is 18.9 Å². The molecule has 0 radical (unpaired) electrons. The highest BCUT2D eigenvalue weighted by molar-refractivity contribution is 5.89. The number of alkyl halides is 3. The summed E-state index contributed by atoms with van der Waals surface area (Å²) in [6.45, 7) is 1.41. The Morgan fingerprint density at radius 3 is 2.00 bits per heavy atom. The lowest BCUT2D eigenvalue weighted by Crippen LogP contribution is -2.56. The molecular formula is C22H21F3N2O5. The van der Waals surface area contributed by atoms with Crippen molar-refractivity contribution in [3.05, 3.63) is 59.7 Å². The molecule has 7 nitrogen and oxygen atoms in total. The van der Waals surface area contributed by atoms with E-state index in [0.29, 0.717) is 0 Å². The summed E-state index contributed by atoms with van der Waals surface area (Å²) in [5, 5.41) is 12.3. The average molecular weight is 450 g/mol. The number of hydrogen-bond acceptors (Lipinski definition) is 4. The predicted molar refractivity (Wildman–Crippen MR) is 108 cm³/mol. The summed E-state index contributed by atoms with van der Waals surface area (Å²) in [4.78, 5) is 35.2. The second kappa shape index (κ2) is 9.29. The SMILES string of the molecule is CC[C@@H](NC(=O)OCC1c2ccccc2-c2ccccc21)C(=O)NC(C(=O)O)C(F)(F)F. The van der Waals surface area contributed by atoms with E-state index in [9.17, 15) is 27.6 Å². The quantitative estimate of drug-likeness (QED) is 0.600. The van der Waals surface area contributed by atoms with Crippen molar-refractivity contribution in [2.75, 3.05) is 6.61 Å². The van der Waals surface area contributed by atoms with Crippen LogP contribution < -0.4 is 10.6 Å². The number of halogens is 3. The molecule has 2 aromatic carbocycles. The lowest BCUT2D eigenvalue weighted by molar-refractivity contribution is -0.182. The van der Waals surface area contributed by atoms with Gasteiger partial charge in [-0.25, -0.2) is 9.59 Å². The van der Waals surface area contributed by atoms with Crippen LogP contribution in [0.4, 0.5) is 18.0 Å². The predicted octanol–water partition coefficient (Wildman–Crippen LogP) is 3.44. The van der Waals surface area contributed by atoms with Gasteiger partial charge in [0.2, 0.25) is 11.9 Å². The lowest BCUT2D eigenvalue weighted by Gasteiger charge is -2.22. The number of carbonyl (C=O) groups excluding carboxylic acids is 2. The van der Waals surface area contributed by atoms with Crippen molar-refractivity contribution in [1.82, 2.24) is 10.6 Å². The first-order valence-electron chi connectivity index (χ1n) is 9.84. The minimum absolute atomic E-state index is 0.0434. The van der Waals surface area contributed by atoms with Crippen molar-refractivity contribution in [3.8, 4) is 11.1 Å². The Morgan fingerprint density at radius 2 is 1.53 bits per heavy atom. The summed E-state index contributed by atoms with van der Waals surface area (Å²) in [5.74, 6) is -3.75. The lowest BCUT2D eigenvalue weighted by atomic mass is 9.98. The molecule has 1 unspecified atom stereocenters. The zero-order valence-electron chi connectivity index (χ0n) is 17.0. The highest BCUT2D eigenvalue weighted by atomic mass is 19.4. The molecule has 1 aliphatic carbocycles. The zero-order valence-corrected chi connectivity index (χ0v) is 17.0. The zero-order chi connectivity index (χ0) is 23.5. The fraction of sp³-hybridized carbons (Fsp3) is 0.318. The molecule has 2 amide bonds. The largest absolute Gasteiger partial charge is 0.479 e. The van der Waals surface area contributed by atoms with Crippen molar-refractivity contribution in [2.24, 2.45) is 0 Å². The highest BCUT2D eigenvalue weighted by Crippen LogP contribution is 2.44. The van der Waals surface area contributed by atoms with Gasteiger partial charge in [-0.3, -0.25) is 4.79 Å². The van der Waals surface area contributed by atoms with Crippen LogP contribution in [0.2, 0.25) is 0 Å². The third-order valence-corrected chi connectivity index (χ3v) is 5.22. The number of alkyl carbamates (subject to hydrolysis) is 1. The number of fused-ring (bicyclic) bond motifs is 3. The summed E-state index contributed by atoms with van der Waals surface area (Å²) in [5.41, 5.74) is 3.99. The number of amides is 2. The van der Waals surface area contributed by atoms with Crippen LogP contribution in [0.15, 0.2) is 48.5 Å². The molecule has 0 fully saturated rings. The van der Waals surface area contributed by atoms with Gasteiger partial charge >= 0.3 is 18.2 Å². The molecule has 0 aliphatic heterocycles. The molecule has 2 atom stereocenters. The summed E-state index contributed by atoms with van der Waals surface area (Å²) < 4.78 is 43.6. The van der Waals surface area contributed by atoms with Crippen LogP contribution in [0.5, 0.6) is 0 Å². The molecule has 0 heterocycles. The van der Waals surface area contributed by atoms with Gasteiger partial charge in [0.15, 0.2) is 0 Å². The van der Waals surface area contributed by atoms with E-state index in [2.05, 4.69) is 5.32 Å². The van der Waals surface area contributed by atoms with Crippen molar-refractivity contribution in [3.63, 3.8) is 0 Å². The molecule has 0 aromatic heterocycles. The van der Waals surface area contributed by atoms with Crippen LogP contribution in [-0.4, -0.2) is 47.9 Å². The fourth-order valence-corrected chi connectivity index (χ4v) is 3.66. The first-order valence-corrected chi connectivity index (χ1v) is 9.84. The van der Waals surface area contributed by atoms with Gasteiger partial charge in [0.05, 0.1) is 0 Å². The van der Waals surface area contributed by atoms with E-state index in [4.69, 9.17) is 9.84 Å². The Morgan fingerprint density at radius 1 is 1.00 bits per heavy atom. The van der Waals surface area contributed by atoms with Gasteiger partial charge in [0.1, 0.15) is 12.6 Å². The second-order valence-electron chi connectivity index (χ2n) is 7.25. The van der Waals surface area contributed by atoms with Crippen molar-refractivity contribution in [1.29, 1.82) is 0 Å². The highest BCUT2D eigenvalue weighted by Gasteiger charge is 2.47. The molecule has 0 saturated heterocycles. The monoisotopic (exact) mass is 450 g/mol. The molecule has 0 saturated carbocycles. The molecule has 3 rings (SSSR count). The van der Waals surface area contributed by atoms with Crippen LogP contribution >= 0.6 is 0 Å². The Kier molecular flexibility index (Phi) is 6.71. The number of carboxylic acid groups (broad SMARTS) is 1. The van der Waals surface area contributed by atoms with Gasteiger partial charge in [-0.2, -0.15) is 13.2 Å². The molecule has 3 N–H and O–H groups in total.